The van der Waals surface area contributed by atoms with Crippen LogP contribution in [-0.4, -0.2) is 9.38 Å². The fraction of sp³-hybridized carbons (Fsp3) is 0.267. The zero-order valence-electron chi connectivity index (χ0n) is 11.1. The first-order valence-electron chi connectivity index (χ1n) is 6.32. The highest BCUT2D eigenvalue weighted by Gasteiger charge is 2.24. The van der Waals surface area contributed by atoms with Crippen LogP contribution in [-0.2, 0) is 12.0 Å². The van der Waals surface area contributed by atoms with Crippen molar-refractivity contribution in [2.45, 2.75) is 25.8 Å². The Balaban J connectivity index is 1.93. The van der Waals surface area contributed by atoms with Gasteiger partial charge in [-0.05, 0) is 25.0 Å². The molecule has 1 atom stereocenters. The molecule has 0 spiro atoms. The van der Waals surface area contributed by atoms with Crippen LogP contribution in [0.1, 0.15) is 23.7 Å². The van der Waals surface area contributed by atoms with Crippen LogP contribution in [0.15, 0.2) is 42.0 Å². The van der Waals surface area contributed by atoms with Gasteiger partial charge >= 0.3 is 0 Å². The first-order valence-corrected chi connectivity index (χ1v) is 7.20. The van der Waals surface area contributed by atoms with E-state index in [4.69, 9.17) is 5.73 Å². The fourth-order valence-electron chi connectivity index (χ4n) is 2.55. The molecule has 0 bridgehead atoms. The van der Waals surface area contributed by atoms with Gasteiger partial charge in [0, 0.05) is 29.7 Å². The van der Waals surface area contributed by atoms with E-state index in [0.717, 1.165) is 17.1 Å². The van der Waals surface area contributed by atoms with Gasteiger partial charge in [-0.15, -0.1) is 11.3 Å². The maximum Gasteiger partial charge on any atom is 0.193 e. The van der Waals surface area contributed by atoms with Crippen molar-refractivity contribution in [3.8, 4) is 0 Å². The Morgan fingerprint density at radius 3 is 2.89 bits per heavy atom. The average Bonchev–Trinajstić information content (AvgIpc) is 2.89. The topological polar surface area (TPSA) is 43.3 Å². The molecular formula is C15H17N3S. The van der Waals surface area contributed by atoms with Crippen molar-refractivity contribution >= 4 is 16.3 Å². The summed E-state index contributed by atoms with van der Waals surface area (Å²) in [5.74, 6) is 0. The minimum Gasteiger partial charge on any atom is -0.321 e. The summed E-state index contributed by atoms with van der Waals surface area (Å²) in [6.45, 7) is 4.18. The zero-order valence-corrected chi connectivity index (χ0v) is 11.9. The third-order valence-corrected chi connectivity index (χ3v) is 4.22. The van der Waals surface area contributed by atoms with Gasteiger partial charge in [-0.3, -0.25) is 4.40 Å². The first-order chi connectivity index (χ1) is 9.06. The lowest BCUT2D eigenvalue weighted by Gasteiger charge is -2.26. The maximum atomic E-state index is 6.52. The molecule has 1 unspecified atom stereocenters. The zero-order chi connectivity index (χ0) is 13.5. The van der Waals surface area contributed by atoms with Crippen LogP contribution in [0.2, 0.25) is 0 Å². The van der Waals surface area contributed by atoms with Crippen LogP contribution in [0.5, 0.6) is 0 Å². The lowest BCUT2D eigenvalue weighted by molar-refractivity contribution is 0.483. The van der Waals surface area contributed by atoms with E-state index in [1.54, 1.807) is 11.3 Å². The standard InChI is InChI=1S/C15H17N3S/c1-11-5-3-4-6-13(11)15(2,16)9-12-10-18-7-8-19-14(18)17-12/h3-8,10H,9,16H2,1-2H3. The molecule has 3 nitrogen and oxygen atoms in total. The summed E-state index contributed by atoms with van der Waals surface area (Å²) < 4.78 is 2.05. The monoisotopic (exact) mass is 271 g/mol. The second-order valence-corrected chi connectivity index (χ2v) is 6.11. The van der Waals surface area contributed by atoms with Gasteiger partial charge in [0.15, 0.2) is 4.96 Å². The van der Waals surface area contributed by atoms with Gasteiger partial charge < -0.3 is 5.73 Å². The second-order valence-electron chi connectivity index (χ2n) is 5.23. The fourth-order valence-corrected chi connectivity index (χ4v) is 3.27. The van der Waals surface area contributed by atoms with E-state index < -0.39 is 5.54 Å². The van der Waals surface area contributed by atoms with Gasteiger partial charge in [-0.1, -0.05) is 24.3 Å². The predicted octanol–water partition coefficient (Wildman–Crippen LogP) is 3.12. The number of hydrogen-bond acceptors (Lipinski definition) is 3. The predicted molar refractivity (Wildman–Crippen MR) is 79.5 cm³/mol. The van der Waals surface area contributed by atoms with E-state index in [0.29, 0.717) is 0 Å². The van der Waals surface area contributed by atoms with Crippen molar-refractivity contribution in [2.75, 3.05) is 0 Å². The van der Waals surface area contributed by atoms with Crippen LogP contribution in [0, 0.1) is 6.92 Å². The Morgan fingerprint density at radius 1 is 1.37 bits per heavy atom. The lowest BCUT2D eigenvalue weighted by Crippen LogP contribution is -2.36. The molecule has 19 heavy (non-hydrogen) atoms. The first kappa shape index (κ1) is 12.4. The quantitative estimate of drug-likeness (QED) is 0.795. The average molecular weight is 271 g/mol. The molecule has 2 N–H and O–H groups in total. The summed E-state index contributed by atoms with van der Waals surface area (Å²) in [4.78, 5) is 5.64. The summed E-state index contributed by atoms with van der Waals surface area (Å²) in [6.07, 6.45) is 4.83. The number of nitrogens with zero attached hydrogens (tertiary/aromatic N) is 2. The van der Waals surface area contributed by atoms with Crippen molar-refractivity contribution in [3.63, 3.8) is 0 Å². The summed E-state index contributed by atoms with van der Waals surface area (Å²) in [7, 11) is 0. The Hall–Kier alpha value is -1.65. The van der Waals surface area contributed by atoms with E-state index in [9.17, 15) is 0 Å². The summed E-state index contributed by atoms with van der Waals surface area (Å²) in [6, 6.07) is 8.29. The van der Waals surface area contributed by atoms with Crippen LogP contribution in [0.25, 0.3) is 4.96 Å². The van der Waals surface area contributed by atoms with E-state index in [1.807, 2.05) is 28.1 Å². The van der Waals surface area contributed by atoms with Gasteiger partial charge in [0.1, 0.15) is 0 Å². The Labute approximate surface area is 116 Å². The highest BCUT2D eigenvalue weighted by atomic mass is 32.1. The van der Waals surface area contributed by atoms with Crippen molar-refractivity contribution in [2.24, 2.45) is 5.73 Å². The summed E-state index contributed by atoms with van der Waals surface area (Å²) in [5, 5.41) is 2.04. The SMILES string of the molecule is Cc1ccccc1C(C)(N)Cc1cn2ccsc2n1. The van der Waals surface area contributed by atoms with E-state index in [1.165, 1.54) is 11.1 Å². The molecule has 0 radical (unpaired) electrons. The van der Waals surface area contributed by atoms with Gasteiger partial charge in [-0.2, -0.15) is 0 Å². The number of rotatable bonds is 3. The smallest absolute Gasteiger partial charge is 0.193 e. The van der Waals surface area contributed by atoms with Gasteiger partial charge in [-0.25, -0.2) is 4.98 Å². The minimum atomic E-state index is -0.393. The van der Waals surface area contributed by atoms with Crippen molar-refractivity contribution in [1.82, 2.24) is 9.38 Å². The molecule has 0 saturated heterocycles. The molecule has 2 heterocycles. The van der Waals surface area contributed by atoms with Gasteiger partial charge in [0.25, 0.3) is 0 Å². The van der Waals surface area contributed by atoms with Crippen molar-refractivity contribution in [3.05, 3.63) is 58.9 Å². The molecule has 0 saturated carbocycles. The molecule has 4 heteroatoms. The largest absolute Gasteiger partial charge is 0.321 e. The van der Waals surface area contributed by atoms with E-state index >= 15 is 0 Å². The molecule has 0 aliphatic heterocycles. The maximum absolute atomic E-state index is 6.52. The number of aromatic nitrogens is 2. The third kappa shape index (κ3) is 2.29. The Kier molecular flexibility index (Phi) is 2.92. The summed E-state index contributed by atoms with van der Waals surface area (Å²) >= 11 is 1.64. The molecule has 2 aromatic heterocycles. The normalized spacial score (nSPS) is 14.7. The molecule has 3 rings (SSSR count). The van der Waals surface area contributed by atoms with Gasteiger partial charge in [0.05, 0.1) is 5.69 Å². The number of hydrogen-bond donors (Lipinski definition) is 1. The molecule has 0 aliphatic rings. The number of nitrogens with two attached hydrogens (primary N) is 1. The number of fused-ring (bicyclic) bond motifs is 1. The minimum absolute atomic E-state index is 0.393. The van der Waals surface area contributed by atoms with Crippen LogP contribution in [0.3, 0.4) is 0 Å². The molecule has 0 aliphatic carbocycles. The van der Waals surface area contributed by atoms with Gasteiger partial charge in [0.2, 0.25) is 0 Å². The molecule has 1 aromatic carbocycles. The molecule has 98 valence electrons. The Bertz CT molecular complexity index is 680. The lowest BCUT2D eigenvalue weighted by atomic mass is 9.86. The molecular weight excluding hydrogens is 254 g/mol. The second kappa shape index (κ2) is 4.47. The molecule has 0 amide bonds. The number of benzene rings is 1. The van der Waals surface area contributed by atoms with Crippen LogP contribution in [0.4, 0.5) is 0 Å². The number of thiazole rings is 1. The highest BCUT2D eigenvalue weighted by molar-refractivity contribution is 7.15. The molecule has 0 fully saturated rings. The number of aryl methyl sites for hydroxylation is 1. The Morgan fingerprint density at radius 2 is 2.16 bits per heavy atom. The van der Waals surface area contributed by atoms with Crippen molar-refractivity contribution in [1.29, 1.82) is 0 Å². The van der Waals surface area contributed by atoms with E-state index in [-0.39, 0.29) is 0 Å². The van der Waals surface area contributed by atoms with E-state index in [2.05, 4.69) is 37.2 Å². The van der Waals surface area contributed by atoms with Crippen molar-refractivity contribution < 1.29 is 0 Å². The van der Waals surface area contributed by atoms with Crippen LogP contribution < -0.4 is 5.73 Å². The van der Waals surface area contributed by atoms with Crippen LogP contribution >= 0.6 is 11.3 Å². The molecule has 3 aromatic rings. The summed E-state index contributed by atoms with van der Waals surface area (Å²) in [5.41, 5.74) is 9.58. The number of imidazole rings is 1. The highest BCUT2D eigenvalue weighted by Crippen LogP contribution is 2.25. The third-order valence-electron chi connectivity index (χ3n) is 3.45.